The van der Waals surface area contributed by atoms with Gasteiger partial charge in [0.2, 0.25) is 0 Å². The van der Waals surface area contributed by atoms with Gasteiger partial charge in [0.15, 0.2) is 12.1 Å². The minimum Gasteiger partial charge on any atom is -0.462 e. The van der Waals surface area contributed by atoms with E-state index in [9.17, 15) is 29.0 Å². The summed E-state index contributed by atoms with van der Waals surface area (Å²) < 4.78 is 38.9. The fourth-order valence-electron chi connectivity index (χ4n) is 7.16. The van der Waals surface area contributed by atoms with E-state index >= 15 is 0 Å². The molecule has 3 heterocycles. The topological polar surface area (TPSA) is 145 Å². The number of nitrogens with zero attached hydrogens (tertiary/aromatic N) is 2. The molecule has 12 heteroatoms. The fraction of sp³-hybridized carbons (Fsp3) is 0.692. The summed E-state index contributed by atoms with van der Waals surface area (Å²) in [4.78, 5) is 44.5. The molecule has 51 heavy (non-hydrogen) atoms. The lowest BCUT2D eigenvalue weighted by Gasteiger charge is -2.48. The normalized spacial score (nSPS) is 36.3. The molecule has 2 aliphatic rings. The van der Waals surface area contributed by atoms with Crippen LogP contribution in [0.25, 0.3) is 0 Å². The molecule has 1 fully saturated rings. The Morgan fingerprint density at radius 2 is 1.88 bits per heavy atom. The highest BCUT2D eigenvalue weighted by atomic mass is 19.1. The number of hydrogen-bond acceptors (Lipinski definition) is 11. The molecule has 0 bridgehead atoms. The number of ether oxygens (including phenoxy) is 4. The summed E-state index contributed by atoms with van der Waals surface area (Å²) in [5, 5.41) is 23.2. The van der Waals surface area contributed by atoms with Crippen LogP contribution in [0.1, 0.15) is 72.3 Å². The van der Waals surface area contributed by atoms with Crippen LogP contribution in [0.5, 0.6) is 0 Å². The van der Waals surface area contributed by atoms with Gasteiger partial charge in [-0.1, -0.05) is 44.6 Å². The average molecular weight is 719 g/mol. The Hall–Kier alpha value is -2.87. The molecule has 1 aromatic rings. The van der Waals surface area contributed by atoms with Gasteiger partial charge in [-0.15, -0.1) is 0 Å². The first-order valence-corrected chi connectivity index (χ1v) is 18.2. The largest absolute Gasteiger partial charge is 0.462 e. The Labute approximate surface area is 302 Å². The van der Waals surface area contributed by atoms with Crippen LogP contribution in [0.2, 0.25) is 0 Å². The number of carbonyl (C=O) groups is 3. The number of likely N-dealkylation sites (N-methyl/N-ethyl adjacent to an activating group) is 1. The number of rotatable bonds is 12. The van der Waals surface area contributed by atoms with E-state index in [1.54, 1.807) is 46.0 Å². The Morgan fingerprint density at radius 1 is 1.14 bits per heavy atom. The molecule has 0 spiro atoms. The number of alkyl halides is 1. The van der Waals surface area contributed by atoms with E-state index < -0.39 is 91.7 Å². The molecule has 0 aliphatic carbocycles. The summed E-state index contributed by atoms with van der Waals surface area (Å²) in [5.41, 5.74) is 1.74. The van der Waals surface area contributed by atoms with Crippen LogP contribution in [0.4, 0.5) is 4.39 Å². The minimum absolute atomic E-state index is 0.000670. The maximum absolute atomic E-state index is 14.1. The molecular weight excluding hydrogens is 659 g/mol. The summed E-state index contributed by atoms with van der Waals surface area (Å²) in [5.74, 6) is -3.49. The zero-order valence-electron chi connectivity index (χ0n) is 31.2. The van der Waals surface area contributed by atoms with E-state index in [0.717, 1.165) is 24.7 Å². The Bertz CT molecular complexity index is 1290. The van der Waals surface area contributed by atoms with Crippen LogP contribution >= 0.6 is 0 Å². The van der Waals surface area contributed by atoms with E-state index in [2.05, 4.69) is 4.98 Å². The molecule has 12 atom stereocenters. The first-order chi connectivity index (χ1) is 24.3. The summed E-state index contributed by atoms with van der Waals surface area (Å²) in [6.07, 6.45) is 4.35. The standard InChI is InChI=1S/C39H59FN2O9/c1-8-33-30(22-40)19-24(2)13-14-31(44)25(3)20-29(15-17-43)37(26(4)32(45)21-34(46)50-33)51-39-36(47)35(42(6)7)38(27(5)49-39)48-18-10-12-28-11-9-16-41-23-28/h9,11,13-14,16-17,19,23,25-27,29-30,32-33,35-39,45,47H,8,10,12,15,18,20-22H2,1-7H3/b14-13+,24-19+/t25-,26+,27-,29+,30-,32-,33-,35-,36-,37-,38-,39+/m1/s1. The molecule has 1 aromatic heterocycles. The van der Waals surface area contributed by atoms with E-state index in [0.29, 0.717) is 18.6 Å². The van der Waals surface area contributed by atoms with Crippen molar-refractivity contribution in [3.8, 4) is 0 Å². The smallest absolute Gasteiger partial charge is 0.308 e. The number of aliphatic hydroxyl groups excluding tert-OH is 2. The average Bonchev–Trinajstić information content (AvgIpc) is 3.10. The van der Waals surface area contributed by atoms with Crippen LogP contribution in [0.15, 0.2) is 48.3 Å². The number of allylic oxidation sites excluding steroid dienone is 3. The van der Waals surface area contributed by atoms with Crippen molar-refractivity contribution in [1.29, 1.82) is 0 Å². The Balaban J connectivity index is 1.89. The molecule has 0 aromatic carbocycles. The van der Waals surface area contributed by atoms with Gasteiger partial charge in [0.05, 0.1) is 37.4 Å². The number of esters is 1. The lowest BCUT2D eigenvalue weighted by molar-refractivity contribution is -0.308. The SMILES string of the molecule is CC[C@H]1OC(=O)C[C@@H](O)[C@H](C)[C@@H](O[C@@H]2O[C@H](C)[C@@H](OCCCc3cccnc3)[C@H](N(C)C)[C@H]2O)[C@@H](CC=O)C[C@@H](C)C(=O)/C=C/C(C)=C/[C@@H]1CF. The first kappa shape index (κ1) is 42.5. The third kappa shape index (κ3) is 12.4. The lowest BCUT2D eigenvalue weighted by atomic mass is 9.79. The lowest BCUT2D eigenvalue weighted by Crippen LogP contribution is -2.64. The molecule has 0 amide bonds. The van der Waals surface area contributed by atoms with Crippen molar-refractivity contribution in [2.45, 2.75) is 122 Å². The summed E-state index contributed by atoms with van der Waals surface area (Å²) in [6.45, 7) is 8.49. The van der Waals surface area contributed by atoms with E-state index in [4.69, 9.17) is 18.9 Å². The minimum atomic E-state index is -1.28. The molecule has 0 radical (unpaired) electrons. The number of ketones is 1. The summed E-state index contributed by atoms with van der Waals surface area (Å²) in [6, 6.07) is 3.37. The number of halogens is 1. The van der Waals surface area contributed by atoms with Gasteiger partial charge in [0.25, 0.3) is 0 Å². The molecule has 3 rings (SSSR count). The summed E-state index contributed by atoms with van der Waals surface area (Å²) >= 11 is 0. The predicted octanol–water partition coefficient (Wildman–Crippen LogP) is 4.43. The van der Waals surface area contributed by atoms with Gasteiger partial charge in [0, 0.05) is 43.2 Å². The molecule has 286 valence electrons. The molecule has 2 aliphatic heterocycles. The second-order valence-electron chi connectivity index (χ2n) is 14.4. The van der Waals surface area contributed by atoms with Crippen molar-refractivity contribution >= 4 is 18.0 Å². The van der Waals surface area contributed by atoms with Crippen LogP contribution in [0, 0.1) is 23.7 Å². The van der Waals surface area contributed by atoms with Gasteiger partial charge in [0.1, 0.15) is 24.6 Å². The monoisotopic (exact) mass is 718 g/mol. The number of carbonyl (C=O) groups excluding carboxylic acids is 3. The molecule has 2 N–H and O–H groups in total. The number of cyclic esters (lactones) is 1. The van der Waals surface area contributed by atoms with Crippen molar-refractivity contribution < 1.29 is 47.9 Å². The highest BCUT2D eigenvalue weighted by molar-refractivity contribution is 5.91. The van der Waals surface area contributed by atoms with E-state index in [1.807, 2.05) is 44.2 Å². The predicted molar refractivity (Wildman–Crippen MR) is 190 cm³/mol. The zero-order chi connectivity index (χ0) is 37.7. The molecule has 0 unspecified atom stereocenters. The number of aldehydes is 1. The zero-order valence-corrected chi connectivity index (χ0v) is 31.2. The van der Waals surface area contributed by atoms with Gasteiger partial charge in [-0.2, -0.15) is 0 Å². The maximum atomic E-state index is 14.1. The van der Waals surface area contributed by atoms with Gasteiger partial charge in [-0.3, -0.25) is 19.0 Å². The molecule has 0 saturated carbocycles. The quantitative estimate of drug-likeness (QED) is 0.180. The molecular formula is C39H59FN2O9. The number of aliphatic hydroxyl groups is 2. The third-order valence-corrected chi connectivity index (χ3v) is 10.1. The van der Waals surface area contributed by atoms with E-state index in [-0.39, 0.29) is 18.6 Å². The second kappa shape index (κ2) is 21.0. The van der Waals surface area contributed by atoms with Crippen LogP contribution < -0.4 is 0 Å². The number of aryl methyl sites for hydroxylation is 1. The second-order valence-corrected chi connectivity index (χ2v) is 14.4. The van der Waals surface area contributed by atoms with Crippen molar-refractivity contribution in [2.24, 2.45) is 23.7 Å². The first-order valence-electron chi connectivity index (χ1n) is 18.2. The Kier molecular flexibility index (Phi) is 17.5. The highest BCUT2D eigenvalue weighted by Gasteiger charge is 2.48. The fourth-order valence-corrected chi connectivity index (χ4v) is 7.16. The van der Waals surface area contributed by atoms with Gasteiger partial charge in [-0.05, 0) is 77.2 Å². The van der Waals surface area contributed by atoms with Gasteiger partial charge < -0.3 is 38.9 Å². The van der Waals surface area contributed by atoms with Crippen molar-refractivity contribution in [1.82, 2.24) is 9.88 Å². The maximum Gasteiger partial charge on any atom is 0.308 e. The van der Waals surface area contributed by atoms with Crippen LogP contribution in [-0.2, 0) is 39.8 Å². The van der Waals surface area contributed by atoms with E-state index in [1.165, 1.54) is 6.08 Å². The van der Waals surface area contributed by atoms with Crippen molar-refractivity contribution in [3.63, 3.8) is 0 Å². The van der Waals surface area contributed by atoms with Gasteiger partial charge >= 0.3 is 5.97 Å². The molecule has 11 nitrogen and oxygen atoms in total. The number of aromatic nitrogens is 1. The van der Waals surface area contributed by atoms with Crippen LogP contribution in [-0.4, -0.2) is 114 Å². The van der Waals surface area contributed by atoms with Gasteiger partial charge in [-0.25, -0.2) is 0 Å². The van der Waals surface area contributed by atoms with Crippen molar-refractivity contribution in [2.75, 3.05) is 27.4 Å². The Morgan fingerprint density at radius 3 is 2.51 bits per heavy atom. The third-order valence-electron chi connectivity index (χ3n) is 10.1. The number of hydrogen-bond donors (Lipinski definition) is 2. The molecule has 1 saturated heterocycles. The van der Waals surface area contributed by atoms with Crippen LogP contribution in [0.3, 0.4) is 0 Å². The summed E-state index contributed by atoms with van der Waals surface area (Å²) in [7, 11) is 3.67. The number of pyridine rings is 1. The highest BCUT2D eigenvalue weighted by Crippen LogP contribution is 2.35. The van der Waals surface area contributed by atoms with Crippen molar-refractivity contribution in [3.05, 3.63) is 53.9 Å².